The number of hydrogen-bond donors (Lipinski definition) is 4. The molecule has 0 bridgehead atoms. The van der Waals surface area contributed by atoms with Crippen molar-refractivity contribution in [3.63, 3.8) is 0 Å². The SMILES string of the molecule is CC/C=C\C/C=C\C/C=C\C/C=C\C/C=C\CCCCCC(=O)OC(COC(=O)CCCCCCC/C=C\C/C=C\CCCC)COC1OC(CS(=O)(=O)O)C(O)C(O)C1O. The lowest BCUT2D eigenvalue weighted by atomic mass is 10.00. The fourth-order valence-corrected chi connectivity index (χ4v) is 6.88. The van der Waals surface area contributed by atoms with E-state index < -0.39 is 71.2 Å². The maximum atomic E-state index is 12.8. The van der Waals surface area contributed by atoms with Gasteiger partial charge in [-0.15, -0.1) is 0 Å². The molecule has 0 aromatic carbocycles. The summed E-state index contributed by atoms with van der Waals surface area (Å²) in [6, 6.07) is 0. The van der Waals surface area contributed by atoms with Crippen molar-refractivity contribution in [1.29, 1.82) is 0 Å². The zero-order chi connectivity index (χ0) is 44.8. The summed E-state index contributed by atoms with van der Waals surface area (Å²) in [5.41, 5.74) is 0. The minimum Gasteiger partial charge on any atom is -0.462 e. The lowest BCUT2D eigenvalue weighted by Crippen LogP contribution is -2.60. The van der Waals surface area contributed by atoms with Crippen molar-refractivity contribution >= 4 is 22.1 Å². The van der Waals surface area contributed by atoms with Crippen molar-refractivity contribution < 1.29 is 56.8 Å². The monoisotopic (exact) mass is 879 g/mol. The van der Waals surface area contributed by atoms with Gasteiger partial charge in [0.15, 0.2) is 12.4 Å². The van der Waals surface area contributed by atoms with Crippen molar-refractivity contribution in [2.24, 2.45) is 0 Å². The number of rotatable bonds is 36. The topological polar surface area (TPSA) is 186 Å². The lowest BCUT2D eigenvalue weighted by Gasteiger charge is -2.40. The van der Waals surface area contributed by atoms with Crippen molar-refractivity contribution in [2.45, 2.75) is 185 Å². The van der Waals surface area contributed by atoms with Gasteiger partial charge in [-0.3, -0.25) is 14.1 Å². The van der Waals surface area contributed by atoms with Gasteiger partial charge in [-0.1, -0.05) is 137 Å². The molecule has 0 aliphatic carbocycles. The zero-order valence-electron chi connectivity index (χ0n) is 37.0. The Labute approximate surface area is 367 Å². The van der Waals surface area contributed by atoms with Gasteiger partial charge >= 0.3 is 11.9 Å². The second kappa shape index (κ2) is 37.4. The third-order valence-corrected chi connectivity index (χ3v) is 10.5. The van der Waals surface area contributed by atoms with Crippen molar-refractivity contribution in [1.82, 2.24) is 0 Å². The van der Waals surface area contributed by atoms with E-state index in [1.54, 1.807) is 0 Å². The number of ether oxygens (including phenoxy) is 4. The first kappa shape index (κ1) is 55.8. The summed E-state index contributed by atoms with van der Waals surface area (Å²) < 4.78 is 54.0. The van der Waals surface area contributed by atoms with Gasteiger partial charge in [-0.2, -0.15) is 8.42 Å². The highest BCUT2D eigenvalue weighted by molar-refractivity contribution is 7.85. The van der Waals surface area contributed by atoms with Crippen molar-refractivity contribution in [3.8, 4) is 0 Å². The first-order valence-corrected chi connectivity index (χ1v) is 24.3. The van der Waals surface area contributed by atoms with Crippen LogP contribution < -0.4 is 0 Å². The van der Waals surface area contributed by atoms with E-state index in [9.17, 15) is 37.9 Å². The van der Waals surface area contributed by atoms with Crippen LogP contribution in [0.15, 0.2) is 85.1 Å². The molecule has 4 N–H and O–H groups in total. The molecule has 348 valence electrons. The van der Waals surface area contributed by atoms with Crippen LogP contribution in [0.1, 0.15) is 149 Å². The predicted molar refractivity (Wildman–Crippen MR) is 242 cm³/mol. The molecule has 61 heavy (non-hydrogen) atoms. The molecule has 13 heteroatoms. The summed E-state index contributed by atoms with van der Waals surface area (Å²) in [6.07, 6.45) is 39.1. The fraction of sp³-hybridized carbons (Fsp3) is 0.667. The van der Waals surface area contributed by atoms with E-state index in [0.29, 0.717) is 12.8 Å². The van der Waals surface area contributed by atoms with Gasteiger partial charge in [0.25, 0.3) is 10.1 Å². The van der Waals surface area contributed by atoms with E-state index in [0.717, 1.165) is 96.3 Å². The number of aliphatic hydroxyl groups is 3. The molecule has 0 spiro atoms. The third-order valence-electron chi connectivity index (χ3n) is 9.71. The maximum absolute atomic E-state index is 12.8. The highest BCUT2D eigenvalue weighted by Gasteiger charge is 2.46. The average molecular weight is 879 g/mol. The standard InChI is InChI=1S/C48H78O12S/c1-3-5-7-9-11-13-15-17-19-20-21-22-23-25-27-29-31-33-35-37-44(50)59-41(39-58-48-47(53)46(52)45(51)42(60-48)40-61(54,55)56)38-57-43(49)36-34-32-30-28-26-24-18-16-14-12-10-8-6-4-2/h5,7,10-13,16-19,21-22,25,27,41-42,45-48,51-53H,3-4,6,8-9,14-15,20,23-24,26,28-40H2,1-2H3,(H,54,55,56)/b7-5-,12-10-,13-11-,18-16-,19-17-,22-21-,27-25-. The van der Waals surface area contributed by atoms with Crippen LogP contribution >= 0.6 is 0 Å². The highest BCUT2D eigenvalue weighted by Crippen LogP contribution is 2.24. The van der Waals surface area contributed by atoms with Crippen LogP contribution in [0.3, 0.4) is 0 Å². The molecule has 6 atom stereocenters. The van der Waals surface area contributed by atoms with Gasteiger partial charge in [0.2, 0.25) is 0 Å². The van der Waals surface area contributed by atoms with Gasteiger partial charge in [0, 0.05) is 12.8 Å². The minimum atomic E-state index is -4.61. The zero-order valence-corrected chi connectivity index (χ0v) is 37.8. The molecule has 0 radical (unpaired) electrons. The Kier molecular flexibility index (Phi) is 34.2. The summed E-state index contributed by atoms with van der Waals surface area (Å²) in [6.45, 7) is 3.55. The van der Waals surface area contributed by atoms with Crippen LogP contribution in [0.25, 0.3) is 0 Å². The number of allylic oxidation sites excluding steroid dienone is 14. The molecule has 0 aromatic heterocycles. The molecule has 1 saturated heterocycles. The fourth-order valence-electron chi connectivity index (χ4n) is 6.19. The molecule has 0 aromatic rings. The van der Waals surface area contributed by atoms with Crippen LogP contribution in [0.2, 0.25) is 0 Å². The Balaban J connectivity index is 2.49. The second-order valence-corrected chi connectivity index (χ2v) is 16.8. The molecule has 0 saturated carbocycles. The smallest absolute Gasteiger partial charge is 0.306 e. The average Bonchev–Trinajstić information content (AvgIpc) is 3.22. The number of aliphatic hydroxyl groups excluding tert-OH is 3. The molecular weight excluding hydrogens is 801 g/mol. The molecule has 1 rings (SSSR count). The number of carbonyl (C=O) groups excluding carboxylic acids is 2. The van der Waals surface area contributed by atoms with E-state index in [1.807, 2.05) is 0 Å². The van der Waals surface area contributed by atoms with E-state index in [1.165, 1.54) is 12.8 Å². The molecule has 1 aliphatic heterocycles. The molecule has 6 unspecified atom stereocenters. The molecular formula is C48H78O12S. The Morgan fingerprint density at radius 2 is 1.03 bits per heavy atom. The Morgan fingerprint density at radius 1 is 0.574 bits per heavy atom. The van der Waals surface area contributed by atoms with Crippen molar-refractivity contribution in [3.05, 3.63) is 85.1 Å². The van der Waals surface area contributed by atoms with E-state index in [4.69, 9.17) is 18.9 Å². The largest absolute Gasteiger partial charge is 0.462 e. The summed E-state index contributed by atoms with van der Waals surface area (Å²) in [4.78, 5) is 25.4. The first-order valence-electron chi connectivity index (χ1n) is 22.6. The molecule has 0 amide bonds. The van der Waals surface area contributed by atoms with Crippen LogP contribution in [0, 0.1) is 0 Å². The van der Waals surface area contributed by atoms with Crippen LogP contribution in [0.4, 0.5) is 0 Å². The summed E-state index contributed by atoms with van der Waals surface area (Å²) in [5, 5.41) is 30.9. The number of carbonyl (C=O) groups is 2. The highest BCUT2D eigenvalue weighted by atomic mass is 32.2. The lowest BCUT2D eigenvalue weighted by molar-refractivity contribution is -0.297. The molecule has 1 heterocycles. The molecule has 1 fully saturated rings. The Morgan fingerprint density at radius 3 is 1.56 bits per heavy atom. The van der Waals surface area contributed by atoms with Gasteiger partial charge < -0.3 is 34.3 Å². The van der Waals surface area contributed by atoms with E-state index in [2.05, 4.69) is 98.9 Å². The van der Waals surface area contributed by atoms with E-state index >= 15 is 0 Å². The molecule has 1 aliphatic rings. The summed E-state index contributed by atoms with van der Waals surface area (Å²) >= 11 is 0. The van der Waals surface area contributed by atoms with E-state index in [-0.39, 0.29) is 19.4 Å². The maximum Gasteiger partial charge on any atom is 0.306 e. The van der Waals surface area contributed by atoms with Gasteiger partial charge in [-0.25, -0.2) is 0 Å². The van der Waals surface area contributed by atoms with Gasteiger partial charge in [-0.05, 0) is 83.5 Å². The number of unbranched alkanes of at least 4 members (excludes halogenated alkanes) is 10. The quantitative estimate of drug-likeness (QED) is 0.0203. The summed E-state index contributed by atoms with van der Waals surface area (Å²) in [5.74, 6) is -2.06. The second-order valence-electron chi connectivity index (χ2n) is 15.3. The Hall–Kier alpha value is -3.17. The van der Waals surface area contributed by atoms with Crippen LogP contribution in [-0.2, 0) is 38.7 Å². The summed E-state index contributed by atoms with van der Waals surface area (Å²) in [7, 11) is -4.61. The Bertz CT molecular complexity index is 1450. The van der Waals surface area contributed by atoms with Crippen LogP contribution in [-0.4, -0.2) is 96.0 Å². The molecule has 12 nitrogen and oxygen atoms in total. The van der Waals surface area contributed by atoms with Gasteiger partial charge in [0.1, 0.15) is 36.8 Å². The third kappa shape index (κ3) is 32.2. The van der Waals surface area contributed by atoms with Crippen LogP contribution in [0.5, 0.6) is 0 Å². The normalized spacial score (nSPS) is 20.8. The number of esters is 2. The van der Waals surface area contributed by atoms with Crippen molar-refractivity contribution in [2.75, 3.05) is 19.0 Å². The van der Waals surface area contributed by atoms with Gasteiger partial charge in [0.05, 0.1) is 6.61 Å². The number of hydrogen-bond acceptors (Lipinski definition) is 11. The first-order chi connectivity index (χ1) is 29.5. The predicted octanol–water partition coefficient (Wildman–Crippen LogP) is 9.28. The minimum absolute atomic E-state index is 0.117.